The molecule has 1 fully saturated rings. The van der Waals surface area contributed by atoms with Gasteiger partial charge in [0.15, 0.2) is 0 Å². The van der Waals surface area contributed by atoms with Crippen LogP contribution in [0.1, 0.15) is 35.2 Å². The van der Waals surface area contributed by atoms with E-state index in [0.717, 1.165) is 28.4 Å². The molecule has 3 aromatic rings. The summed E-state index contributed by atoms with van der Waals surface area (Å²) in [5.74, 6) is 0.439. The Morgan fingerprint density at radius 2 is 2.06 bits per heavy atom. The van der Waals surface area contributed by atoms with Crippen LogP contribution in [0.5, 0.6) is 5.75 Å². The van der Waals surface area contributed by atoms with E-state index in [-0.39, 0.29) is 22.5 Å². The molecule has 2 amide bonds. The molecule has 2 aromatic carbocycles. The molecule has 10 heteroatoms. The second-order valence-corrected chi connectivity index (χ2v) is 9.91. The number of anilines is 1. The van der Waals surface area contributed by atoms with E-state index in [1.54, 1.807) is 13.2 Å². The van der Waals surface area contributed by atoms with E-state index in [1.807, 2.05) is 35.2 Å². The minimum Gasteiger partial charge on any atom is -0.495 e. The van der Waals surface area contributed by atoms with E-state index in [1.165, 1.54) is 0 Å². The van der Waals surface area contributed by atoms with Crippen LogP contribution in [0, 0.1) is 0 Å². The van der Waals surface area contributed by atoms with E-state index in [9.17, 15) is 9.59 Å². The quantitative estimate of drug-likeness (QED) is 0.252. The number of aromatic nitrogens is 1. The van der Waals surface area contributed by atoms with E-state index in [0.29, 0.717) is 54.5 Å². The maximum Gasteiger partial charge on any atom is 0.256 e. The fraction of sp³-hybridized carbons (Fsp3) is 0.320. The molecule has 184 valence electrons. The summed E-state index contributed by atoms with van der Waals surface area (Å²) in [5, 5.41) is 7.67. The van der Waals surface area contributed by atoms with Crippen LogP contribution in [0.25, 0.3) is 10.9 Å². The van der Waals surface area contributed by atoms with Crippen molar-refractivity contribution in [3.05, 3.63) is 62.2 Å². The van der Waals surface area contributed by atoms with Crippen LogP contribution in [-0.4, -0.2) is 48.4 Å². The number of pyridine rings is 1. The summed E-state index contributed by atoms with van der Waals surface area (Å²) < 4.78 is 6.08. The first-order valence-electron chi connectivity index (χ1n) is 11.3. The van der Waals surface area contributed by atoms with Crippen molar-refractivity contribution >= 4 is 67.5 Å². The molecule has 0 radical (unpaired) electrons. The van der Waals surface area contributed by atoms with E-state index in [4.69, 9.17) is 27.9 Å². The predicted octanol–water partition coefficient (Wildman–Crippen LogP) is 5.67. The highest BCUT2D eigenvalue weighted by Crippen LogP contribution is 2.34. The van der Waals surface area contributed by atoms with Gasteiger partial charge in [-0.05, 0) is 48.7 Å². The van der Waals surface area contributed by atoms with Gasteiger partial charge < -0.3 is 20.3 Å². The molecule has 2 heterocycles. The van der Waals surface area contributed by atoms with Gasteiger partial charge in [0.2, 0.25) is 5.91 Å². The normalized spacial score (nSPS) is 13.4. The first-order valence-corrected chi connectivity index (χ1v) is 12.8. The molecule has 0 spiro atoms. The molecule has 1 aliphatic heterocycles. The average Bonchev–Trinajstić information content (AvgIpc) is 3.24. The highest BCUT2D eigenvalue weighted by Gasteiger charge is 2.22. The molecule has 0 aliphatic carbocycles. The Balaban J connectivity index is 1.56. The lowest BCUT2D eigenvalue weighted by Gasteiger charge is -2.18. The van der Waals surface area contributed by atoms with Crippen molar-refractivity contribution < 1.29 is 14.3 Å². The van der Waals surface area contributed by atoms with Gasteiger partial charge in [-0.2, -0.15) is 0 Å². The number of carbonyl (C=O) groups excluding carboxylic acids is 2. The molecule has 2 N–H and O–H groups in total. The van der Waals surface area contributed by atoms with E-state index >= 15 is 0 Å². The second-order valence-electron chi connectivity index (χ2n) is 8.23. The van der Waals surface area contributed by atoms with Crippen LogP contribution in [0.2, 0.25) is 10.2 Å². The van der Waals surface area contributed by atoms with Gasteiger partial charge in [0.25, 0.3) is 5.91 Å². The summed E-state index contributed by atoms with van der Waals surface area (Å²) >= 11 is 16.3. The molecule has 35 heavy (non-hydrogen) atoms. The lowest BCUT2D eigenvalue weighted by Crippen LogP contribution is -2.31. The molecular weight excluding hydrogens is 555 g/mol. The van der Waals surface area contributed by atoms with Gasteiger partial charge in [-0.1, -0.05) is 45.2 Å². The molecule has 1 saturated heterocycles. The Kier molecular flexibility index (Phi) is 8.36. The number of methoxy groups -OCH3 is 1. The molecule has 1 aromatic heterocycles. The third-order valence-electron chi connectivity index (χ3n) is 5.88. The van der Waals surface area contributed by atoms with Gasteiger partial charge in [-0.15, -0.1) is 0 Å². The number of rotatable bonds is 9. The fourth-order valence-corrected chi connectivity index (χ4v) is 5.02. The van der Waals surface area contributed by atoms with Gasteiger partial charge >= 0.3 is 0 Å². The summed E-state index contributed by atoms with van der Waals surface area (Å²) in [6.07, 6.45) is 2.16. The Morgan fingerprint density at radius 1 is 1.23 bits per heavy atom. The standard InChI is InChI=1S/C25H25BrCl2N4O3/c1-35-20-8-5-15(12-18(20)27)14-30-23-17-13-16(26)6-7-19(17)31-24(28)22(23)25(34)29-9-3-11-32-10-2-4-21(32)33/h5-8,12-13H,2-4,9-11,14H2,1H3,(H,29,34)(H,30,31). The number of nitrogens with one attached hydrogen (secondary N) is 2. The molecule has 0 saturated carbocycles. The maximum absolute atomic E-state index is 13.2. The number of fused-ring (bicyclic) bond motifs is 1. The molecular formula is C25H25BrCl2N4O3. The summed E-state index contributed by atoms with van der Waals surface area (Å²) in [7, 11) is 1.57. The van der Waals surface area contributed by atoms with Crippen LogP contribution in [0.4, 0.5) is 5.69 Å². The topological polar surface area (TPSA) is 83.6 Å². The zero-order valence-electron chi connectivity index (χ0n) is 19.2. The summed E-state index contributed by atoms with van der Waals surface area (Å²) in [6, 6.07) is 11.1. The van der Waals surface area contributed by atoms with Crippen molar-refractivity contribution in [3.63, 3.8) is 0 Å². The third kappa shape index (κ3) is 6.00. The van der Waals surface area contributed by atoms with Gasteiger partial charge in [0.1, 0.15) is 16.5 Å². The second kappa shape index (κ2) is 11.5. The summed E-state index contributed by atoms with van der Waals surface area (Å²) in [6.45, 7) is 2.23. The average molecular weight is 580 g/mol. The van der Waals surface area contributed by atoms with E-state index < -0.39 is 0 Å². The lowest BCUT2D eigenvalue weighted by molar-refractivity contribution is -0.127. The van der Waals surface area contributed by atoms with Gasteiger partial charge in [0, 0.05) is 42.5 Å². The number of nitrogens with zero attached hydrogens (tertiary/aromatic N) is 2. The number of benzene rings is 2. The van der Waals surface area contributed by atoms with Crippen molar-refractivity contribution in [2.24, 2.45) is 0 Å². The minimum atomic E-state index is -0.326. The summed E-state index contributed by atoms with van der Waals surface area (Å²) in [5.41, 5.74) is 2.43. The number of hydrogen-bond donors (Lipinski definition) is 2. The smallest absolute Gasteiger partial charge is 0.256 e. The summed E-state index contributed by atoms with van der Waals surface area (Å²) in [4.78, 5) is 31.3. The van der Waals surface area contributed by atoms with Crippen molar-refractivity contribution in [1.82, 2.24) is 15.2 Å². The largest absolute Gasteiger partial charge is 0.495 e. The first-order chi connectivity index (χ1) is 16.9. The van der Waals surface area contributed by atoms with Crippen molar-refractivity contribution in [3.8, 4) is 5.75 Å². The lowest BCUT2D eigenvalue weighted by atomic mass is 10.1. The Labute approximate surface area is 222 Å². The van der Waals surface area contributed by atoms with E-state index in [2.05, 4.69) is 31.5 Å². The zero-order chi connectivity index (χ0) is 24.9. The molecule has 1 aliphatic rings. The minimum absolute atomic E-state index is 0.113. The number of amides is 2. The third-order valence-corrected chi connectivity index (χ3v) is 6.94. The predicted molar refractivity (Wildman–Crippen MR) is 143 cm³/mol. The highest BCUT2D eigenvalue weighted by atomic mass is 79.9. The van der Waals surface area contributed by atoms with Crippen molar-refractivity contribution in [2.45, 2.75) is 25.8 Å². The number of carbonyl (C=O) groups is 2. The highest BCUT2D eigenvalue weighted by molar-refractivity contribution is 9.10. The zero-order valence-corrected chi connectivity index (χ0v) is 22.3. The van der Waals surface area contributed by atoms with Crippen LogP contribution < -0.4 is 15.4 Å². The SMILES string of the molecule is COc1ccc(CNc2c(C(=O)NCCCN3CCCC3=O)c(Cl)nc3ccc(Br)cc23)cc1Cl. The monoisotopic (exact) mass is 578 g/mol. The Bertz CT molecular complexity index is 1270. The molecule has 0 unspecified atom stereocenters. The maximum atomic E-state index is 13.2. The van der Waals surface area contributed by atoms with Crippen LogP contribution in [0.3, 0.4) is 0 Å². The number of hydrogen-bond acceptors (Lipinski definition) is 5. The Hall–Kier alpha value is -2.55. The fourth-order valence-electron chi connectivity index (χ4n) is 4.11. The number of halogens is 3. The molecule has 7 nitrogen and oxygen atoms in total. The number of likely N-dealkylation sites (tertiary alicyclic amines) is 1. The van der Waals surface area contributed by atoms with Gasteiger partial charge in [0.05, 0.1) is 23.3 Å². The van der Waals surface area contributed by atoms with Crippen molar-refractivity contribution in [1.29, 1.82) is 0 Å². The molecule has 0 atom stereocenters. The Morgan fingerprint density at radius 3 is 2.77 bits per heavy atom. The van der Waals surface area contributed by atoms with Crippen LogP contribution >= 0.6 is 39.1 Å². The first kappa shape index (κ1) is 25.5. The number of ether oxygens (including phenoxy) is 1. The van der Waals surface area contributed by atoms with Crippen LogP contribution in [0.15, 0.2) is 40.9 Å². The molecule has 4 rings (SSSR count). The van der Waals surface area contributed by atoms with Gasteiger partial charge in [-0.25, -0.2) is 4.98 Å². The molecule has 0 bridgehead atoms. The van der Waals surface area contributed by atoms with Gasteiger partial charge in [-0.3, -0.25) is 9.59 Å². The van der Waals surface area contributed by atoms with Crippen LogP contribution in [-0.2, 0) is 11.3 Å². The van der Waals surface area contributed by atoms with Crippen molar-refractivity contribution in [2.75, 3.05) is 32.1 Å².